The number of piperazine rings is 1. The van der Waals surface area contributed by atoms with Crippen LogP contribution in [0.15, 0.2) is 18.2 Å². The van der Waals surface area contributed by atoms with Crippen LogP contribution in [0, 0.1) is 10.1 Å². The molecule has 10 heteroatoms. The summed E-state index contributed by atoms with van der Waals surface area (Å²) in [6.45, 7) is 4.93. The molecule has 0 unspecified atom stereocenters. The third kappa shape index (κ3) is 4.52. The summed E-state index contributed by atoms with van der Waals surface area (Å²) in [5, 5.41) is 13.9. The summed E-state index contributed by atoms with van der Waals surface area (Å²) in [7, 11) is 0. The first kappa shape index (κ1) is 18.8. The van der Waals surface area contributed by atoms with E-state index in [4.69, 9.17) is 0 Å². The summed E-state index contributed by atoms with van der Waals surface area (Å²) >= 11 is 0. The highest BCUT2D eigenvalue weighted by Crippen LogP contribution is 2.36. The van der Waals surface area contributed by atoms with Crippen LogP contribution in [0.5, 0.6) is 0 Å². The van der Waals surface area contributed by atoms with Crippen LogP contribution in [0.1, 0.15) is 19.4 Å². The number of nitro benzene ring substituents is 1. The molecule has 1 aromatic rings. The number of nitrogens with one attached hydrogen (secondary N) is 1. The van der Waals surface area contributed by atoms with Crippen LogP contribution < -0.4 is 10.2 Å². The number of hydrogen-bond acceptors (Lipinski definition) is 4. The van der Waals surface area contributed by atoms with Crippen molar-refractivity contribution in [3.63, 3.8) is 0 Å². The van der Waals surface area contributed by atoms with Gasteiger partial charge < -0.3 is 15.1 Å². The van der Waals surface area contributed by atoms with Crippen molar-refractivity contribution in [1.29, 1.82) is 0 Å². The van der Waals surface area contributed by atoms with E-state index in [9.17, 15) is 28.1 Å². The van der Waals surface area contributed by atoms with Gasteiger partial charge in [-0.15, -0.1) is 0 Å². The van der Waals surface area contributed by atoms with Gasteiger partial charge in [-0.2, -0.15) is 13.2 Å². The van der Waals surface area contributed by atoms with Crippen LogP contribution in [-0.4, -0.2) is 48.1 Å². The van der Waals surface area contributed by atoms with E-state index in [1.54, 1.807) is 9.80 Å². The second-order valence-electron chi connectivity index (χ2n) is 6.04. The van der Waals surface area contributed by atoms with Gasteiger partial charge in [0.1, 0.15) is 5.69 Å². The number of rotatable bonds is 3. The molecule has 0 aliphatic carbocycles. The fraction of sp³-hybridized carbons (Fsp3) is 0.533. The Labute approximate surface area is 142 Å². The van der Waals surface area contributed by atoms with Crippen molar-refractivity contribution in [2.75, 3.05) is 31.1 Å². The van der Waals surface area contributed by atoms with Gasteiger partial charge in [0, 0.05) is 38.3 Å². The van der Waals surface area contributed by atoms with E-state index in [1.807, 2.05) is 13.8 Å². The Hall–Kier alpha value is -2.52. The summed E-state index contributed by atoms with van der Waals surface area (Å²) in [6.07, 6.45) is -4.64. The van der Waals surface area contributed by atoms with Gasteiger partial charge in [-0.05, 0) is 26.0 Å². The number of carbonyl (C=O) groups is 1. The monoisotopic (exact) mass is 360 g/mol. The molecule has 1 aliphatic rings. The maximum Gasteiger partial charge on any atom is 0.416 e. The van der Waals surface area contributed by atoms with Gasteiger partial charge in [-0.3, -0.25) is 10.1 Å². The number of benzene rings is 1. The normalized spacial score (nSPS) is 15.4. The summed E-state index contributed by atoms with van der Waals surface area (Å²) in [6, 6.07) is 2.26. The molecule has 1 fully saturated rings. The maximum absolute atomic E-state index is 12.8. The lowest BCUT2D eigenvalue weighted by Gasteiger charge is -2.36. The van der Waals surface area contributed by atoms with Crippen molar-refractivity contribution in [1.82, 2.24) is 10.2 Å². The van der Waals surface area contributed by atoms with Crippen LogP contribution in [0.4, 0.5) is 29.3 Å². The molecule has 0 atom stereocenters. The number of alkyl halides is 3. The minimum absolute atomic E-state index is 0.0125. The number of hydrogen-bond donors (Lipinski definition) is 1. The third-order valence-electron chi connectivity index (χ3n) is 3.82. The van der Waals surface area contributed by atoms with Crippen LogP contribution in [0.3, 0.4) is 0 Å². The molecular weight excluding hydrogens is 341 g/mol. The van der Waals surface area contributed by atoms with Crippen LogP contribution in [0.25, 0.3) is 0 Å². The zero-order valence-corrected chi connectivity index (χ0v) is 13.8. The molecule has 1 heterocycles. The molecule has 7 nitrogen and oxygen atoms in total. The van der Waals surface area contributed by atoms with Gasteiger partial charge in [0.15, 0.2) is 0 Å². The standard InChI is InChI=1S/C15H19F3N4O3/c1-10(2)19-14(23)21-7-5-20(6-8-21)12-4-3-11(15(16,17)18)9-13(12)22(24)25/h3-4,9-10H,5-8H2,1-2H3,(H,19,23). The fourth-order valence-corrected chi connectivity index (χ4v) is 2.60. The van der Waals surface area contributed by atoms with E-state index < -0.39 is 22.4 Å². The molecule has 1 aromatic carbocycles. The molecule has 1 saturated heterocycles. The molecule has 138 valence electrons. The van der Waals surface area contributed by atoms with E-state index in [0.29, 0.717) is 32.2 Å². The first-order valence-electron chi connectivity index (χ1n) is 7.75. The average molecular weight is 360 g/mol. The predicted molar refractivity (Wildman–Crippen MR) is 85.6 cm³/mol. The van der Waals surface area contributed by atoms with Crippen molar-refractivity contribution < 1.29 is 22.9 Å². The first-order chi connectivity index (χ1) is 11.6. The van der Waals surface area contributed by atoms with E-state index in [1.165, 1.54) is 0 Å². The van der Waals surface area contributed by atoms with Crippen molar-refractivity contribution in [2.24, 2.45) is 0 Å². The van der Waals surface area contributed by atoms with Gasteiger partial charge in [-0.25, -0.2) is 4.79 Å². The molecule has 1 N–H and O–H groups in total. The Bertz CT molecular complexity index is 656. The first-order valence-corrected chi connectivity index (χ1v) is 7.75. The zero-order chi connectivity index (χ0) is 18.8. The number of anilines is 1. The van der Waals surface area contributed by atoms with E-state index in [2.05, 4.69) is 5.32 Å². The van der Waals surface area contributed by atoms with Gasteiger partial charge in [0.2, 0.25) is 0 Å². The molecule has 0 bridgehead atoms. The third-order valence-corrected chi connectivity index (χ3v) is 3.82. The largest absolute Gasteiger partial charge is 0.416 e. The van der Waals surface area contributed by atoms with Crippen molar-refractivity contribution >= 4 is 17.4 Å². The quantitative estimate of drug-likeness (QED) is 0.664. The van der Waals surface area contributed by atoms with Crippen molar-refractivity contribution in [3.8, 4) is 0 Å². The summed E-state index contributed by atoms with van der Waals surface area (Å²) in [5.74, 6) is 0. The highest BCUT2D eigenvalue weighted by molar-refractivity contribution is 5.75. The van der Waals surface area contributed by atoms with E-state index in [-0.39, 0.29) is 17.8 Å². The van der Waals surface area contributed by atoms with E-state index >= 15 is 0 Å². The smallest absolute Gasteiger partial charge is 0.362 e. The SMILES string of the molecule is CC(C)NC(=O)N1CCN(c2ccc(C(F)(F)F)cc2[N+](=O)[O-])CC1. The highest BCUT2D eigenvalue weighted by atomic mass is 19.4. The summed E-state index contributed by atoms with van der Waals surface area (Å²) < 4.78 is 38.3. The van der Waals surface area contributed by atoms with Crippen LogP contribution in [0.2, 0.25) is 0 Å². The summed E-state index contributed by atoms with van der Waals surface area (Å²) in [4.78, 5) is 25.5. The molecule has 2 amide bonds. The lowest BCUT2D eigenvalue weighted by molar-refractivity contribution is -0.384. The number of halogens is 3. The molecule has 1 aliphatic heterocycles. The molecule has 2 rings (SSSR count). The van der Waals surface area contributed by atoms with Crippen LogP contribution >= 0.6 is 0 Å². The van der Waals surface area contributed by atoms with Crippen molar-refractivity contribution in [3.05, 3.63) is 33.9 Å². The summed E-state index contributed by atoms with van der Waals surface area (Å²) in [5.41, 5.74) is -1.52. The lowest BCUT2D eigenvalue weighted by atomic mass is 10.1. The Kier molecular flexibility index (Phi) is 5.39. The molecule has 0 radical (unpaired) electrons. The molecule has 25 heavy (non-hydrogen) atoms. The Morgan fingerprint density at radius 3 is 2.32 bits per heavy atom. The maximum atomic E-state index is 12.8. The van der Waals surface area contributed by atoms with Gasteiger partial charge in [0.25, 0.3) is 5.69 Å². The highest BCUT2D eigenvalue weighted by Gasteiger charge is 2.34. The Balaban J connectivity index is 2.15. The predicted octanol–water partition coefficient (Wildman–Crippen LogP) is 2.85. The van der Waals surface area contributed by atoms with Gasteiger partial charge >= 0.3 is 12.2 Å². The second kappa shape index (κ2) is 7.16. The van der Waals surface area contributed by atoms with Crippen molar-refractivity contribution in [2.45, 2.75) is 26.1 Å². The number of urea groups is 1. The van der Waals surface area contributed by atoms with Gasteiger partial charge in [0.05, 0.1) is 10.5 Å². The minimum Gasteiger partial charge on any atom is -0.362 e. The Morgan fingerprint density at radius 2 is 1.84 bits per heavy atom. The lowest BCUT2D eigenvalue weighted by Crippen LogP contribution is -2.53. The number of nitro groups is 1. The zero-order valence-electron chi connectivity index (χ0n) is 13.8. The van der Waals surface area contributed by atoms with Crippen LogP contribution in [-0.2, 0) is 6.18 Å². The second-order valence-corrected chi connectivity index (χ2v) is 6.04. The molecule has 0 aromatic heterocycles. The number of amides is 2. The fourth-order valence-electron chi connectivity index (χ4n) is 2.60. The molecule has 0 spiro atoms. The minimum atomic E-state index is -4.64. The van der Waals surface area contributed by atoms with Gasteiger partial charge in [-0.1, -0.05) is 0 Å². The topological polar surface area (TPSA) is 78.7 Å². The average Bonchev–Trinajstić information content (AvgIpc) is 2.53. The Morgan fingerprint density at radius 1 is 1.24 bits per heavy atom. The molecular formula is C15H19F3N4O3. The number of nitrogens with zero attached hydrogens (tertiary/aromatic N) is 3. The van der Waals surface area contributed by atoms with E-state index in [0.717, 1.165) is 12.1 Å². The molecule has 0 saturated carbocycles. The number of carbonyl (C=O) groups excluding carboxylic acids is 1.